The minimum atomic E-state index is -0.0525. The van der Waals surface area contributed by atoms with E-state index in [1.807, 2.05) is 52.3 Å². The maximum atomic E-state index is 13.8. The number of aromatic nitrogens is 2. The van der Waals surface area contributed by atoms with Gasteiger partial charge in [-0.15, -0.1) is 0 Å². The fourth-order valence-corrected chi connectivity index (χ4v) is 4.84. The molecule has 0 spiro atoms. The molecule has 7 heteroatoms. The van der Waals surface area contributed by atoms with E-state index in [-0.39, 0.29) is 24.3 Å². The molecule has 0 saturated heterocycles. The number of amides is 2. The number of fused-ring (bicyclic) bond motifs is 2. The van der Waals surface area contributed by atoms with Crippen molar-refractivity contribution >= 4 is 28.5 Å². The van der Waals surface area contributed by atoms with Crippen LogP contribution in [-0.2, 0) is 16.1 Å². The summed E-state index contributed by atoms with van der Waals surface area (Å²) in [6, 6.07) is 13.6. The summed E-state index contributed by atoms with van der Waals surface area (Å²) in [4.78, 5) is 38.5. The van der Waals surface area contributed by atoms with Crippen molar-refractivity contribution in [3.05, 3.63) is 59.4 Å². The zero-order valence-corrected chi connectivity index (χ0v) is 21.8. The molecule has 0 atom stereocenters. The van der Waals surface area contributed by atoms with Crippen LogP contribution in [0.15, 0.2) is 42.5 Å². The fraction of sp³-hybridized carbons (Fsp3) is 0.483. The van der Waals surface area contributed by atoms with Gasteiger partial charge in [0.2, 0.25) is 0 Å². The third kappa shape index (κ3) is 6.13. The number of anilines is 1. The SMILES string of the molecule is COCC(=O)N1CCCCCCCCN(C(=O)c2ccc3nc(C(C)C)[nH]c3c2)Cc2ccccc21. The lowest BCUT2D eigenvalue weighted by Gasteiger charge is -2.28. The molecule has 36 heavy (non-hydrogen) atoms. The predicted octanol–water partition coefficient (Wildman–Crippen LogP) is 5.66. The average Bonchev–Trinajstić information content (AvgIpc) is 3.31. The lowest BCUT2D eigenvalue weighted by molar-refractivity contribution is -0.122. The van der Waals surface area contributed by atoms with Gasteiger partial charge < -0.3 is 19.5 Å². The number of aromatic amines is 1. The van der Waals surface area contributed by atoms with E-state index in [4.69, 9.17) is 4.74 Å². The van der Waals surface area contributed by atoms with Gasteiger partial charge in [0.25, 0.3) is 11.8 Å². The summed E-state index contributed by atoms with van der Waals surface area (Å²) >= 11 is 0. The Morgan fingerprint density at radius 2 is 1.72 bits per heavy atom. The first kappa shape index (κ1) is 25.9. The Kier molecular flexibility index (Phi) is 8.75. The Hall–Kier alpha value is -3.19. The maximum Gasteiger partial charge on any atom is 0.254 e. The summed E-state index contributed by atoms with van der Waals surface area (Å²) < 4.78 is 5.17. The number of methoxy groups -OCH3 is 1. The lowest BCUT2D eigenvalue weighted by Crippen LogP contribution is -2.37. The molecular weight excluding hydrogens is 452 g/mol. The van der Waals surface area contributed by atoms with E-state index in [9.17, 15) is 9.59 Å². The van der Waals surface area contributed by atoms with Gasteiger partial charge in [-0.1, -0.05) is 57.7 Å². The summed E-state index contributed by atoms with van der Waals surface area (Å²) in [5, 5.41) is 0. The second-order valence-corrected chi connectivity index (χ2v) is 9.96. The Morgan fingerprint density at radius 1 is 1.00 bits per heavy atom. The van der Waals surface area contributed by atoms with Crippen LogP contribution in [-0.4, -0.2) is 53.5 Å². The molecule has 0 bridgehead atoms. The molecule has 0 fully saturated rings. The summed E-state index contributed by atoms with van der Waals surface area (Å²) in [7, 11) is 1.55. The van der Waals surface area contributed by atoms with Gasteiger partial charge in [0, 0.05) is 43.9 Å². The van der Waals surface area contributed by atoms with E-state index < -0.39 is 0 Å². The molecule has 0 saturated carbocycles. The van der Waals surface area contributed by atoms with Crippen LogP contribution in [0.4, 0.5) is 5.69 Å². The summed E-state index contributed by atoms with van der Waals surface area (Å²) in [6.45, 7) is 6.02. The maximum absolute atomic E-state index is 13.8. The van der Waals surface area contributed by atoms with Crippen LogP contribution in [0.5, 0.6) is 0 Å². The van der Waals surface area contributed by atoms with E-state index in [0.717, 1.165) is 66.6 Å². The number of hydrogen-bond acceptors (Lipinski definition) is 4. The van der Waals surface area contributed by atoms with Crippen LogP contribution >= 0.6 is 0 Å². The lowest BCUT2D eigenvalue weighted by atomic mass is 10.1. The van der Waals surface area contributed by atoms with E-state index in [2.05, 4.69) is 23.8 Å². The van der Waals surface area contributed by atoms with Crippen LogP contribution in [0.25, 0.3) is 11.0 Å². The van der Waals surface area contributed by atoms with Crippen LogP contribution in [0.2, 0.25) is 0 Å². The number of imidazole rings is 1. The Balaban J connectivity index is 1.66. The highest BCUT2D eigenvalue weighted by atomic mass is 16.5. The van der Waals surface area contributed by atoms with Crippen LogP contribution in [0.3, 0.4) is 0 Å². The van der Waals surface area contributed by atoms with Crippen molar-refractivity contribution in [2.24, 2.45) is 0 Å². The highest BCUT2D eigenvalue weighted by molar-refractivity contribution is 5.98. The van der Waals surface area contributed by atoms with Gasteiger partial charge in [-0.2, -0.15) is 0 Å². The number of carbonyl (C=O) groups excluding carboxylic acids is 2. The molecule has 2 amide bonds. The molecule has 2 aromatic carbocycles. The molecule has 3 aromatic rings. The second kappa shape index (κ2) is 12.2. The molecule has 1 aromatic heterocycles. The fourth-order valence-electron chi connectivity index (χ4n) is 4.84. The van der Waals surface area contributed by atoms with E-state index >= 15 is 0 Å². The highest BCUT2D eigenvalue weighted by Gasteiger charge is 2.23. The van der Waals surface area contributed by atoms with Crippen molar-refractivity contribution in [1.82, 2.24) is 14.9 Å². The first-order valence-electron chi connectivity index (χ1n) is 13.1. The highest BCUT2D eigenvalue weighted by Crippen LogP contribution is 2.26. The molecule has 0 aliphatic carbocycles. The number of ether oxygens (including phenoxy) is 1. The van der Waals surface area contributed by atoms with Crippen LogP contribution in [0, 0.1) is 0 Å². The third-order valence-electron chi connectivity index (χ3n) is 6.85. The Morgan fingerprint density at radius 3 is 2.47 bits per heavy atom. The smallest absolute Gasteiger partial charge is 0.254 e. The molecule has 7 nitrogen and oxygen atoms in total. The molecule has 0 unspecified atom stereocenters. The topological polar surface area (TPSA) is 78.5 Å². The number of nitrogens with one attached hydrogen (secondary N) is 1. The molecule has 0 radical (unpaired) electrons. The molecule has 1 N–H and O–H groups in total. The number of rotatable bonds is 4. The predicted molar refractivity (Wildman–Crippen MR) is 143 cm³/mol. The van der Waals surface area contributed by atoms with Crippen molar-refractivity contribution in [3.63, 3.8) is 0 Å². The van der Waals surface area contributed by atoms with Gasteiger partial charge in [-0.25, -0.2) is 4.98 Å². The van der Waals surface area contributed by atoms with Gasteiger partial charge in [-0.3, -0.25) is 9.59 Å². The molecule has 1 aliphatic heterocycles. The van der Waals surface area contributed by atoms with Gasteiger partial charge in [-0.05, 0) is 42.7 Å². The van der Waals surface area contributed by atoms with Crippen molar-refractivity contribution in [1.29, 1.82) is 0 Å². The van der Waals surface area contributed by atoms with Crippen molar-refractivity contribution < 1.29 is 14.3 Å². The van der Waals surface area contributed by atoms with Crippen LogP contribution in [0.1, 0.15) is 80.0 Å². The average molecular weight is 491 g/mol. The van der Waals surface area contributed by atoms with Gasteiger partial charge in [0.15, 0.2) is 0 Å². The largest absolute Gasteiger partial charge is 0.375 e. The second-order valence-electron chi connectivity index (χ2n) is 9.96. The monoisotopic (exact) mass is 490 g/mol. The minimum Gasteiger partial charge on any atom is -0.375 e. The van der Waals surface area contributed by atoms with E-state index in [1.54, 1.807) is 7.11 Å². The first-order chi connectivity index (χ1) is 17.5. The number of carbonyl (C=O) groups is 2. The standard InChI is InChI=1S/C29H38N4O3/c1-21(2)28-30-24-15-14-22(18-25(24)31-28)29(35)32-16-10-6-4-5-7-11-17-33(27(34)20-36-3)26-13-9-8-12-23(26)19-32/h8-9,12-15,18,21H,4-7,10-11,16-17,19-20H2,1-3H3,(H,30,31). The Bertz CT molecular complexity index is 1190. The minimum absolute atomic E-state index is 0.00274. The summed E-state index contributed by atoms with van der Waals surface area (Å²) in [5.74, 6) is 1.16. The molecular formula is C29H38N4O3. The normalized spacial score (nSPS) is 15.8. The van der Waals surface area contributed by atoms with Crippen molar-refractivity contribution in [2.75, 3.05) is 31.7 Å². The number of H-pyrrole nitrogens is 1. The van der Waals surface area contributed by atoms with Crippen LogP contribution < -0.4 is 4.90 Å². The molecule has 192 valence electrons. The zero-order chi connectivity index (χ0) is 25.5. The number of para-hydroxylation sites is 1. The summed E-state index contributed by atoms with van der Waals surface area (Å²) in [5.41, 5.74) is 4.24. The van der Waals surface area contributed by atoms with E-state index in [0.29, 0.717) is 25.2 Å². The quantitative estimate of drug-likeness (QED) is 0.512. The van der Waals surface area contributed by atoms with Crippen molar-refractivity contribution in [2.45, 2.75) is 64.8 Å². The summed E-state index contributed by atoms with van der Waals surface area (Å²) in [6.07, 6.45) is 6.37. The Labute approximate surface area is 213 Å². The first-order valence-corrected chi connectivity index (χ1v) is 13.1. The van der Waals surface area contributed by atoms with Gasteiger partial charge in [0.05, 0.1) is 11.0 Å². The van der Waals surface area contributed by atoms with Crippen molar-refractivity contribution in [3.8, 4) is 0 Å². The number of hydrogen-bond donors (Lipinski definition) is 1. The number of nitrogens with zero attached hydrogens (tertiary/aromatic N) is 3. The van der Waals surface area contributed by atoms with Gasteiger partial charge in [0.1, 0.15) is 12.4 Å². The molecule has 1 aliphatic rings. The van der Waals surface area contributed by atoms with Gasteiger partial charge >= 0.3 is 0 Å². The van der Waals surface area contributed by atoms with E-state index in [1.165, 1.54) is 0 Å². The third-order valence-corrected chi connectivity index (χ3v) is 6.85. The molecule has 2 heterocycles. The molecule has 4 rings (SSSR count). The zero-order valence-electron chi connectivity index (χ0n) is 21.8. The number of benzene rings is 2.